The predicted molar refractivity (Wildman–Crippen MR) is 132 cm³/mol. The number of nitrogens with zero attached hydrogens (tertiary/aromatic N) is 1. The third kappa shape index (κ3) is 3.89. The topological polar surface area (TPSA) is 53.6 Å². The number of fused-ring (bicyclic) bond motifs is 1. The molecule has 0 fully saturated rings. The van der Waals surface area contributed by atoms with Crippen LogP contribution >= 0.6 is 5.51 Å². The maximum atomic E-state index is 12.8. The maximum absolute atomic E-state index is 12.8. The molecule has 1 atom stereocenters. The van der Waals surface area contributed by atoms with Gasteiger partial charge in [-0.1, -0.05) is 0 Å². The number of carbonyl (C=O) groups excluding carboxylic acids is 1. The molecule has 2 aliphatic heterocycles. The Bertz CT molecular complexity index is 1150. The van der Waals surface area contributed by atoms with E-state index in [2.05, 4.69) is 85.2 Å². The molecule has 2 N–H and O–H groups in total. The van der Waals surface area contributed by atoms with Crippen molar-refractivity contribution in [1.29, 1.82) is 0 Å². The number of esters is 1. The second-order valence-corrected chi connectivity index (χ2v) is 16.1. The number of benzene rings is 3. The summed E-state index contributed by atoms with van der Waals surface area (Å²) in [5, 5.41) is 9.92. The number of anilines is 3. The van der Waals surface area contributed by atoms with Gasteiger partial charge in [-0.25, -0.2) is 0 Å². The quantitative estimate of drug-likeness (QED) is 0.312. The molecule has 0 spiro atoms. The van der Waals surface area contributed by atoms with E-state index in [1.165, 1.54) is 16.3 Å². The first-order valence-corrected chi connectivity index (χ1v) is 15.2. The Balaban J connectivity index is 1.46. The number of nitrogens with one attached hydrogen (secondary N) is 2. The van der Waals surface area contributed by atoms with Crippen molar-refractivity contribution >= 4 is 54.4 Å². The standard InChI is InChI=1S/C24H26N3O2PSe/c1-2-29-24(28)22-13-18-7-3-4-12-21(18)27(22)16-30(31)14-25-19-10-5-8-17-9-6-11-20(23(17)19)26-15-30/h3-12,22,25-26H,2,13-16H2,1H3. The van der Waals surface area contributed by atoms with Crippen LogP contribution in [0.3, 0.4) is 0 Å². The van der Waals surface area contributed by atoms with Gasteiger partial charge in [-0.05, 0) is 0 Å². The molecule has 0 aliphatic carbocycles. The Kier molecular flexibility index (Phi) is 5.56. The Morgan fingerprint density at radius 1 is 1.06 bits per heavy atom. The Morgan fingerprint density at radius 3 is 2.42 bits per heavy atom. The summed E-state index contributed by atoms with van der Waals surface area (Å²) in [6.07, 6.45) is 3.24. The van der Waals surface area contributed by atoms with Gasteiger partial charge >= 0.3 is 191 Å². The van der Waals surface area contributed by atoms with Crippen LogP contribution in [0.15, 0.2) is 60.7 Å². The van der Waals surface area contributed by atoms with Crippen molar-refractivity contribution in [3.63, 3.8) is 0 Å². The number of rotatable bonds is 4. The average Bonchev–Trinajstić information content (AvgIpc) is 3.14. The zero-order valence-corrected chi connectivity index (χ0v) is 20.1. The fraction of sp³-hybridized carbons (Fsp3) is 0.292. The Hall–Kier alpha value is -2.26. The van der Waals surface area contributed by atoms with Gasteiger partial charge in [0.05, 0.1) is 0 Å². The van der Waals surface area contributed by atoms with Crippen molar-refractivity contribution in [2.75, 3.05) is 41.0 Å². The molecule has 3 aromatic carbocycles. The molecular weight excluding hydrogens is 472 g/mol. The van der Waals surface area contributed by atoms with Crippen LogP contribution in [0, 0.1) is 0 Å². The van der Waals surface area contributed by atoms with E-state index in [1.807, 2.05) is 13.0 Å². The van der Waals surface area contributed by atoms with Gasteiger partial charge in [-0.15, -0.1) is 0 Å². The fourth-order valence-electron chi connectivity index (χ4n) is 4.60. The molecule has 5 nitrogen and oxygen atoms in total. The molecule has 0 saturated carbocycles. The van der Waals surface area contributed by atoms with E-state index < -0.39 is 5.51 Å². The first-order chi connectivity index (χ1) is 15.1. The zero-order chi connectivity index (χ0) is 21.4. The number of ether oxygens (including phenoxy) is 1. The number of carbonyl (C=O) groups is 1. The van der Waals surface area contributed by atoms with Crippen LogP contribution in [-0.2, 0) is 16.0 Å². The molecule has 0 bridgehead atoms. The van der Waals surface area contributed by atoms with Crippen molar-refractivity contribution in [2.24, 2.45) is 0 Å². The van der Waals surface area contributed by atoms with Crippen LogP contribution in [0.25, 0.3) is 10.8 Å². The molecule has 5 rings (SSSR count). The first-order valence-electron chi connectivity index (χ1n) is 10.7. The van der Waals surface area contributed by atoms with E-state index in [1.54, 1.807) is 0 Å². The minimum atomic E-state index is -1.63. The summed E-state index contributed by atoms with van der Waals surface area (Å²) in [4.78, 5) is 15.1. The van der Waals surface area contributed by atoms with E-state index in [4.69, 9.17) is 4.74 Å². The molecule has 160 valence electrons. The summed E-state index contributed by atoms with van der Waals surface area (Å²) >= 11 is 3.56. The van der Waals surface area contributed by atoms with Crippen LogP contribution in [-0.4, -0.2) is 52.6 Å². The molecule has 7 heteroatoms. The second kappa shape index (κ2) is 8.35. The molecule has 31 heavy (non-hydrogen) atoms. The van der Waals surface area contributed by atoms with Gasteiger partial charge in [0.25, 0.3) is 0 Å². The van der Waals surface area contributed by atoms with Gasteiger partial charge in [-0.2, -0.15) is 0 Å². The third-order valence-electron chi connectivity index (χ3n) is 6.08. The minimum absolute atomic E-state index is 0.131. The van der Waals surface area contributed by atoms with Crippen LogP contribution in [0.4, 0.5) is 17.1 Å². The summed E-state index contributed by atoms with van der Waals surface area (Å²) in [5.74, 6) is -0.131. The van der Waals surface area contributed by atoms with Gasteiger partial charge in [0.1, 0.15) is 0 Å². The van der Waals surface area contributed by atoms with E-state index >= 15 is 0 Å². The Labute approximate surface area is 190 Å². The van der Waals surface area contributed by atoms with Crippen molar-refractivity contribution < 1.29 is 9.53 Å². The summed E-state index contributed by atoms with van der Waals surface area (Å²) in [6.45, 7) is 2.27. The number of hydrogen-bond acceptors (Lipinski definition) is 5. The van der Waals surface area contributed by atoms with Crippen molar-refractivity contribution in [3.05, 3.63) is 66.2 Å². The van der Waals surface area contributed by atoms with E-state index in [-0.39, 0.29) is 12.0 Å². The van der Waals surface area contributed by atoms with Gasteiger partial charge < -0.3 is 0 Å². The van der Waals surface area contributed by atoms with E-state index in [9.17, 15) is 4.79 Å². The molecule has 0 amide bonds. The zero-order valence-electron chi connectivity index (χ0n) is 17.5. The molecule has 0 radical (unpaired) electrons. The third-order valence-corrected chi connectivity index (χ3v) is 10.7. The molecule has 2 heterocycles. The number of para-hydroxylation sites is 1. The summed E-state index contributed by atoms with van der Waals surface area (Å²) in [7, 11) is 0. The van der Waals surface area contributed by atoms with Gasteiger partial charge in [-0.3, -0.25) is 0 Å². The number of hydrogen-bond donors (Lipinski definition) is 2. The van der Waals surface area contributed by atoms with Gasteiger partial charge in [0.2, 0.25) is 0 Å². The molecule has 0 aromatic heterocycles. The SMILES string of the molecule is CCOC(=O)C1Cc2ccccc2N1CP1(=[Se])CNc2cccc3cccc(c23)NC1. The second-order valence-electron chi connectivity index (χ2n) is 8.15. The van der Waals surface area contributed by atoms with E-state index in [0.29, 0.717) is 13.0 Å². The van der Waals surface area contributed by atoms with Crippen molar-refractivity contribution in [2.45, 2.75) is 19.4 Å². The van der Waals surface area contributed by atoms with E-state index in [0.717, 1.165) is 35.9 Å². The van der Waals surface area contributed by atoms with Crippen LogP contribution in [0.1, 0.15) is 12.5 Å². The fourth-order valence-corrected chi connectivity index (χ4v) is 8.33. The van der Waals surface area contributed by atoms with Crippen LogP contribution in [0.2, 0.25) is 0 Å². The average molecular weight is 498 g/mol. The molecule has 1 unspecified atom stereocenters. The molecular formula is C24H26N3O2PSe. The summed E-state index contributed by atoms with van der Waals surface area (Å²) < 4.78 is 5.43. The van der Waals surface area contributed by atoms with Crippen LogP contribution in [0.5, 0.6) is 0 Å². The van der Waals surface area contributed by atoms with Gasteiger partial charge in [0, 0.05) is 0 Å². The monoisotopic (exact) mass is 499 g/mol. The van der Waals surface area contributed by atoms with Crippen molar-refractivity contribution in [1.82, 2.24) is 0 Å². The molecule has 2 aliphatic rings. The molecule has 3 aromatic rings. The van der Waals surface area contributed by atoms with Crippen LogP contribution < -0.4 is 15.5 Å². The normalized spacial score (nSPS) is 19.0. The van der Waals surface area contributed by atoms with Gasteiger partial charge in [0.15, 0.2) is 0 Å². The predicted octanol–water partition coefficient (Wildman–Crippen LogP) is 4.65. The summed E-state index contributed by atoms with van der Waals surface area (Å²) in [5.41, 5.74) is 3.06. The first kappa shape index (κ1) is 20.6. The molecule has 0 saturated heterocycles. The van der Waals surface area contributed by atoms with Crippen molar-refractivity contribution in [3.8, 4) is 0 Å². The Morgan fingerprint density at radius 2 is 1.74 bits per heavy atom. The summed E-state index contributed by atoms with van der Waals surface area (Å²) in [6, 6.07) is 20.9.